The SMILES string of the molecule is COc1ccccc1OCc1nnc(NC(C)C(=O)O)c2ccccc12. The lowest BCUT2D eigenvalue weighted by atomic mass is 10.1. The Bertz CT molecular complexity index is 930. The van der Waals surface area contributed by atoms with Crippen LogP contribution < -0.4 is 14.8 Å². The maximum Gasteiger partial charge on any atom is 0.325 e. The fourth-order valence-corrected chi connectivity index (χ4v) is 2.52. The number of ether oxygens (including phenoxy) is 2. The van der Waals surface area contributed by atoms with Crippen LogP contribution in [0.15, 0.2) is 48.5 Å². The third kappa shape index (κ3) is 3.66. The Labute approximate surface area is 150 Å². The second-order valence-corrected chi connectivity index (χ2v) is 5.68. The molecule has 2 aromatic carbocycles. The largest absolute Gasteiger partial charge is 0.493 e. The summed E-state index contributed by atoms with van der Waals surface area (Å²) in [5, 5.41) is 22.0. The third-order valence-electron chi connectivity index (χ3n) is 3.92. The van der Waals surface area contributed by atoms with Crippen molar-refractivity contribution >= 4 is 22.6 Å². The normalized spacial score (nSPS) is 11.8. The molecule has 3 rings (SSSR count). The molecule has 0 saturated heterocycles. The topological polar surface area (TPSA) is 93.6 Å². The van der Waals surface area contributed by atoms with E-state index in [0.29, 0.717) is 23.0 Å². The summed E-state index contributed by atoms with van der Waals surface area (Å²) >= 11 is 0. The highest BCUT2D eigenvalue weighted by atomic mass is 16.5. The number of carbonyl (C=O) groups is 1. The number of hydrogen-bond donors (Lipinski definition) is 2. The minimum atomic E-state index is -0.959. The number of aromatic nitrogens is 2. The summed E-state index contributed by atoms with van der Waals surface area (Å²) in [5.41, 5.74) is 0.653. The quantitative estimate of drug-likeness (QED) is 0.674. The summed E-state index contributed by atoms with van der Waals surface area (Å²) in [6.45, 7) is 1.76. The summed E-state index contributed by atoms with van der Waals surface area (Å²) in [6.07, 6.45) is 0. The molecule has 0 spiro atoms. The van der Waals surface area contributed by atoms with Gasteiger partial charge in [-0.2, -0.15) is 0 Å². The van der Waals surface area contributed by atoms with Gasteiger partial charge in [0.15, 0.2) is 17.3 Å². The van der Waals surface area contributed by atoms with Gasteiger partial charge >= 0.3 is 5.97 Å². The molecule has 3 aromatic rings. The van der Waals surface area contributed by atoms with E-state index in [-0.39, 0.29) is 6.61 Å². The summed E-state index contributed by atoms with van der Waals surface area (Å²) in [5.74, 6) is 0.719. The lowest BCUT2D eigenvalue weighted by Crippen LogP contribution is -2.26. The number of carboxylic acid groups (broad SMARTS) is 1. The molecular formula is C19H19N3O4. The van der Waals surface area contributed by atoms with Crippen LogP contribution >= 0.6 is 0 Å². The van der Waals surface area contributed by atoms with Crippen LogP contribution in [0.5, 0.6) is 11.5 Å². The van der Waals surface area contributed by atoms with Gasteiger partial charge in [-0.1, -0.05) is 36.4 Å². The number of rotatable bonds is 7. The predicted octanol–water partition coefficient (Wildman–Crippen LogP) is 3.10. The van der Waals surface area contributed by atoms with E-state index in [0.717, 1.165) is 10.8 Å². The fourth-order valence-electron chi connectivity index (χ4n) is 2.52. The standard InChI is InChI=1S/C19H19N3O4/c1-12(19(23)24)20-18-14-8-4-3-7-13(14)15(21-22-18)11-26-17-10-6-5-9-16(17)25-2/h3-10,12H,11H2,1-2H3,(H,20,22)(H,23,24). The maximum absolute atomic E-state index is 11.1. The highest BCUT2D eigenvalue weighted by molar-refractivity contribution is 5.94. The molecule has 0 amide bonds. The first-order valence-electron chi connectivity index (χ1n) is 8.09. The molecule has 1 atom stereocenters. The van der Waals surface area contributed by atoms with Crippen molar-refractivity contribution in [2.75, 3.05) is 12.4 Å². The first-order chi connectivity index (χ1) is 12.6. The van der Waals surface area contributed by atoms with Gasteiger partial charge < -0.3 is 19.9 Å². The van der Waals surface area contributed by atoms with Crippen LogP contribution in [0.2, 0.25) is 0 Å². The monoisotopic (exact) mass is 353 g/mol. The van der Waals surface area contributed by atoms with Crippen molar-refractivity contribution in [1.29, 1.82) is 0 Å². The molecule has 0 aliphatic heterocycles. The third-order valence-corrected chi connectivity index (χ3v) is 3.92. The van der Waals surface area contributed by atoms with Crippen molar-refractivity contribution in [3.05, 3.63) is 54.2 Å². The summed E-state index contributed by atoms with van der Waals surface area (Å²) in [6, 6.07) is 14.1. The van der Waals surface area contributed by atoms with E-state index >= 15 is 0 Å². The Morgan fingerprint density at radius 2 is 1.73 bits per heavy atom. The van der Waals surface area contributed by atoms with Gasteiger partial charge in [-0.3, -0.25) is 4.79 Å². The zero-order valence-electron chi connectivity index (χ0n) is 14.5. The Kier molecular flexibility index (Phi) is 5.17. The minimum absolute atomic E-state index is 0.211. The van der Waals surface area contributed by atoms with Crippen LogP contribution in [0.25, 0.3) is 10.8 Å². The van der Waals surface area contributed by atoms with Crippen LogP contribution in [0.3, 0.4) is 0 Å². The maximum atomic E-state index is 11.1. The number of benzene rings is 2. The summed E-state index contributed by atoms with van der Waals surface area (Å²) in [7, 11) is 1.58. The van der Waals surface area contributed by atoms with Crippen molar-refractivity contribution in [3.8, 4) is 11.5 Å². The first kappa shape index (κ1) is 17.5. The van der Waals surface area contributed by atoms with Gasteiger partial charge in [-0.25, -0.2) is 0 Å². The number of hydrogen-bond acceptors (Lipinski definition) is 6. The molecular weight excluding hydrogens is 334 g/mol. The van der Waals surface area contributed by atoms with Gasteiger partial charge in [-0.05, 0) is 19.1 Å². The number of anilines is 1. The molecule has 0 aliphatic rings. The average molecular weight is 353 g/mol. The van der Waals surface area contributed by atoms with Crippen LogP contribution in [-0.4, -0.2) is 34.4 Å². The Morgan fingerprint density at radius 3 is 2.42 bits per heavy atom. The van der Waals surface area contributed by atoms with E-state index in [1.54, 1.807) is 14.0 Å². The lowest BCUT2D eigenvalue weighted by Gasteiger charge is -2.14. The van der Waals surface area contributed by atoms with Gasteiger partial charge in [0.2, 0.25) is 0 Å². The molecule has 1 aromatic heterocycles. The summed E-state index contributed by atoms with van der Waals surface area (Å²) < 4.78 is 11.1. The van der Waals surface area contributed by atoms with Crippen LogP contribution in [0.1, 0.15) is 12.6 Å². The molecule has 1 heterocycles. The van der Waals surface area contributed by atoms with E-state index in [1.807, 2.05) is 48.5 Å². The molecule has 0 bridgehead atoms. The fraction of sp³-hybridized carbons (Fsp3) is 0.211. The van der Waals surface area contributed by atoms with Crippen LogP contribution in [0, 0.1) is 0 Å². The number of fused-ring (bicyclic) bond motifs is 1. The molecule has 0 aliphatic carbocycles. The van der Waals surface area contributed by atoms with Gasteiger partial charge in [0, 0.05) is 10.8 Å². The van der Waals surface area contributed by atoms with Gasteiger partial charge in [0.05, 0.1) is 7.11 Å². The first-order valence-corrected chi connectivity index (χ1v) is 8.09. The van der Waals surface area contributed by atoms with Crippen molar-refractivity contribution in [3.63, 3.8) is 0 Å². The number of aliphatic carboxylic acids is 1. The molecule has 0 saturated carbocycles. The molecule has 1 unspecified atom stereocenters. The van der Waals surface area contributed by atoms with E-state index in [9.17, 15) is 4.79 Å². The highest BCUT2D eigenvalue weighted by Crippen LogP contribution is 2.28. The van der Waals surface area contributed by atoms with Crippen molar-refractivity contribution in [2.45, 2.75) is 19.6 Å². The molecule has 26 heavy (non-hydrogen) atoms. The molecule has 2 N–H and O–H groups in total. The predicted molar refractivity (Wildman–Crippen MR) is 97.6 cm³/mol. The smallest absolute Gasteiger partial charge is 0.325 e. The average Bonchev–Trinajstić information content (AvgIpc) is 2.67. The number of methoxy groups -OCH3 is 1. The lowest BCUT2D eigenvalue weighted by molar-refractivity contribution is -0.137. The Hall–Kier alpha value is -3.35. The van der Waals surface area contributed by atoms with E-state index in [2.05, 4.69) is 15.5 Å². The molecule has 7 heteroatoms. The molecule has 7 nitrogen and oxygen atoms in total. The Morgan fingerprint density at radius 1 is 1.08 bits per heavy atom. The minimum Gasteiger partial charge on any atom is -0.493 e. The molecule has 0 fully saturated rings. The summed E-state index contributed by atoms with van der Waals surface area (Å²) in [4.78, 5) is 11.1. The van der Waals surface area contributed by atoms with Gasteiger partial charge in [0.1, 0.15) is 18.3 Å². The van der Waals surface area contributed by atoms with Crippen LogP contribution in [0.4, 0.5) is 5.82 Å². The van der Waals surface area contributed by atoms with Gasteiger partial charge in [-0.15, -0.1) is 10.2 Å². The zero-order valence-corrected chi connectivity index (χ0v) is 14.5. The zero-order chi connectivity index (χ0) is 18.5. The van der Waals surface area contributed by atoms with Crippen molar-refractivity contribution in [2.24, 2.45) is 0 Å². The van der Waals surface area contributed by atoms with E-state index in [4.69, 9.17) is 14.6 Å². The number of carboxylic acids is 1. The second-order valence-electron chi connectivity index (χ2n) is 5.68. The second kappa shape index (κ2) is 7.69. The van der Waals surface area contributed by atoms with Crippen molar-refractivity contribution in [1.82, 2.24) is 10.2 Å². The van der Waals surface area contributed by atoms with Crippen LogP contribution in [-0.2, 0) is 11.4 Å². The Balaban J connectivity index is 1.89. The van der Waals surface area contributed by atoms with Crippen molar-refractivity contribution < 1.29 is 19.4 Å². The van der Waals surface area contributed by atoms with E-state index in [1.165, 1.54) is 0 Å². The molecule has 134 valence electrons. The highest BCUT2D eigenvalue weighted by Gasteiger charge is 2.15. The van der Waals surface area contributed by atoms with E-state index < -0.39 is 12.0 Å². The van der Waals surface area contributed by atoms with Gasteiger partial charge in [0.25, 0.3) is 0 Å². The molecule has 0 radical (unpaired) electrons. The number of nitrogens with zero attached hydrogens (tertiary/aromatic N) is 2. The number of nitrogens with one attached hydrogen (secondary N) is 1. The number of para-hydroxylation sites is 2.